The maximum atomic E-state index is 12.8. The number of ether oxygens (including phenoxy) is 1. The number of aryl methyl sites for hydroxylation is 2. The second kappa shape index (κ2) is 7.21. The van der Waals surface area contributed by atoms with Crippen molar-refractivity contribution in [3.63, 3.8) is 0 Å². The molecule has 1 aliphatic heterocycles. The molecule has 26 heavy (non-hydrogen) atoms. The molecule has 1 N–H and O–H groups in total. The summed E-state index contributed by atoms with van der Waals surface area (Å²) in [4.78, 5) is 26.5. The van der Waals surface area contributed by atoms with E-state index < -0.39 is 0 Å². The first kappa shape index (κ1) is 18.6. The van der Waals surface area contributed by atoms with Crippen molar-refractivity contribution < 1.29 is 13.9 Å². The van der Waals surface area contributed by atoms with Gasteiger partial charge in [0.1, 0.15) is 5.58 Å². The van der Waals surface area contributed by atoms with Gasteiger partial charge in [-0.25, -0.2) is 4.79 Å². The SMILES string of the molecule is Cc1cc2oc(=O)cc(C)c2cc1NC(=O)C(C)N1C[C@@H](C)O[C@@H](C)C1. The van der Waals surface area contributed by atoms with Crippen molar-refractivity contribution in [2.45, 2.75) is 52.9 Å². The van der Waals surface area contributed by atoms with Crippen LogP contribution in [-0.4, -0.2) is 42.1 Å². The van der Waals surface area contributed by atoms with E-state index >= 15 is 0 Å². The number of hydrogen-bond acceptors (Lipinski definition) is 5. The van der Waals surface area contributed by atoms with Gasteiger partial charge in [0.15, 0.2) is 0 Å². The van der Waals surface area contributed by atoms with Crippen molar-refractivity contribution in [1.29, 1.82) is 0 Å². The first-order chi connectivity index (χ1) is 12.2. The average Bonchev–Trinajstić information content (AvgIpc) is 2.54. The fraction of sp³-hybridized carbons (Fsp3) is 0.500. The molecular weight excluding hydrogens is 332 g/mol. The molecule has 0 spiro atoms. The van der Waals surface area contributed by atoms with Crippen LogP contribution in [0.15, 0.2) is 27.4 Å². The van der Waals surface area contributed by atoms with Gasteiger partial charge in [0.2, 0.25) is 5.91 Å². The molecule has 6 nitrogen and oxygen atoms in total. The van der Waals surface area contributed by atoms with Crippen LogP contribution in [0.4, 0.5) is 5.69 Å². The summed E-state index contributed by atoms with van der Waals surface area (Å²) in [6, 6.07) is 4.87. The second-order valence-electron chi connectivity index (χ2n) is 7.29. The highest BCUT2D eigenvalue weighted by molar-refractivity contribution is 5.97. The topological polar surface area (TPSA) is 71.8 Å². The maximum Gasteiger partial charge on any atom is 0.336 e. The number of rotatable bonds is 3. The quantitative estimate of drug-likeness (QED) is 0.854. The van der Waals surface area contributed by atoms with Crippen LogP contribution in [-0.2, 0) is 9.53 Å². The number of anilines is 1. The Kier molecular flexibility index (Phi) is 5.16. The van der Waals surface area contributed by atoms with Gasteiger partial charge in [0, 0.05) is 30.2 Å². The van der Waals surface area contributed by atoms with Crippen molar-refractivity contribution in [3.05, 3.63) is 39.7 Å². The fourth-order valence-corrected chi connectivity index (χ4v) is 3.54. The number of carbonyl (C=O) groups is 1. The molecule has 0 bridgehead atoms. The minimum atomic E-state index is -0.365. The van der Waals surface area contributed by atoms with E-state index in [-0.39, 0.29) is 29.8 Å². The molecule has 1 aliphatic rings. The van der Waals surface area contributed by atoms with Crippen LogP contribution in [0.3, 0.4) is 0 Å². The molecular formula is C20H26N2O4. The van der Waals surface area contributed by atoms with Crippen LogP contribution < -0.4 is 10.9 Å². The van der Waals surface area contributed by atoms with Gasteiger partial charge in [-0.1, -0.05) is 0 Å². The van der Waals surface area contributed by atoms with E-state index in [2.05, 4.69) is 10.2 Å². The van der Waals surface area contributed by atoms with Crippen LogP contribution in [0.1, 0.15) is 31.9 Å². The number of benzene rings is 1. The third-order valence-corrected chi connectivity index (χ3v) is 4.93. The highest BCUT2D eigenvalue weighted by Crippen LogP contribution is 2.25. The Balaban J connectivity index is 1.82. The van der Waals surface area contributed by atoms with Crippen LogP contribution in [0, 0.1) is 13.8 Å². The third-order valence-electron chi connectivity index (χ3n) is 4.93. The van der Waals surface area contributed by atoms with E-state index in [0.717, 1.165) is 35.3 Å². The lowest BCUT2D eigenvalue weighted by Gasteiger charge is -2.38. The maximum absolute atomic E-state index is 12.8. The lowest BCUT2D eigenvalue weighted by molar-refractivity contribution is -0.126. The molecule has 1 amide bonds. The van der Waals surface area contributed by atoms with Crippen molar-refractivity contribution in [1.82, 2.24) is 4.90 Å². The molecule has 2 aromatic rings. The van der Waals surface area contributed by atoms with E-state index in [9.17, 15) is 9.59 Å². The van der Waals surface area contributed by atoms with Crippen LogP contribution in [0.5, 0.6) is 0 Å². The van der Waals surface area contributed by atoms with Gasteiger partial charge in [-0.05, 0) is 57.9 Å². The molecule has 0 saturated carbocycles. The number of nitrogens with zero attached hydrogens (tertiary/aromatic N) is 1. The Morgan fingerprint density at radius 3 is 2.46 bits per heavy atom. The normalized spacial score (nSPS) is 22.3. The number of carbonyl (C=O) groups excluding carboxylic acids is 1. The highest BCUT2D eigenvalue weighted by atomic mass is 16.5. The monoisotopic (exact) mass is 358 g/mol. The molecule has 0 radical (unpaired) electrons. The summed E-state index contributed by atoms with van der Waals surface area (Å²) >= 11 is 0. The number of fused-ring (bicyclic) bond motifs is 1. The Hall–Kier alpha value is -2.18. The Bertz CT molecular complexity index is 879. The van der Waals surface area contributed by atoms with Crippen molar-refractivity contribution in [3.8, 4) is 0 Å². The molecule has 1 fully saturated rings. The van der Waals surface area contributed by atoms with Gasteiger partial charge in [0.25, 0.3) is 0 Å². The number of nitrogens with one attached hydrogen (secondary N) is 1. The third kappa shape index (κ3) is 3.81. The van der Waals surface area contributed by atoms with Crippen LogP contribution in [0.2, 0.25) is 0 Å². The molecule has 1 aromatic heterocycles. The molecule has 1 aromatic carbocycles. The lowest BCUT2D eigenvalue weighted by atomic mass is 10.1. The van der Waals surface area contributed by atoms with Crippen LogP contribution in [0.25, 0.3) is 11.0 Å². The molecule has 140 valence electrons. The highest BCUT2D eigenvalue weighted by Gasteiger charge is 2.29. The van der Waals surface area contributed by atoms with Gasteiger partial charge in [-0.3, -0.25) is 9.69 Å². The predicted octanol–water partition coefficient (Wildman–Crippen LogP) is 2.85. The second-order valence-corrected chi connectivity index (χ2v) is 7.29. The zero-order chi connectivity index (χ0) is 19.0. The smallest absolute Gasteiger partial charge is 0.336 e. The predicted molar refractivity (Wildman–Crippen MR) is 102 cm³/mol. The van der Waals surface area contributed by atoms with Crippen molar-refractivity contribution >= 4 is 22.6 Å². The number of morpholine rings is 1. The summed E-state index contributed by atoms with van der Waals surface area (Å²) in [7, 11) is 0. The van der Waals surface area contributed by atoms with E-state index in [4.69, 9.17) is 9.15 Å². The lowest BCUT2D eigenvalue weighted by Crippen LogP contribution is -2.52. The summed E-state index contributed by atoms with van der Waals surface area (Å²) in [5, 5.41) is 3.86. The van der Waals surface area contributed by atoms with Crippen LogP contribution >= 0.6 is 0 Å². The number of hydrogen-bond donors (Lipinski definition) is 1. The van der Waals surface area contributed by atoms with Gasteiger partial charge >= 0.3 is 5.63 Å². The molecule has 0 aliphatic carbocycles. The summed E-state index contributed by atoms with van der Waals surface area (Å²) < 4.78 is 11.0. The molecule has 1 unspecified atom stereocenters. The number of amides is 1. The first-order valence-electron chi connectivity index (χ1n) is 9.00. The van der Waals surface area contributed by atoms with Crippen molar-refractivity contribution in [2.75, 3.05) is 18.4 Å². The molecule has 6 heteroatoms. The van der Waals surface area contributed by atoms with Crippen molar-refractivity contribution in [2.24, 2.45) is 0 Å². The van der Waals surface area contributed by atoms with Gasteiger partial charge in [-0.2, -0.15) is 0 Å². The van der Waals surface area contributed by atoms with E-state index in [1.165, 1.54) is 6.07 Å². The molecule has 2 heterocycles. The fourth-order valence-electron chi connectivity index (χ4n) is 3.54. The molecule has 3 atom stereocenters. The standard InChI is InChI=1S/C20H26N2O4/c1-11-7-19(23)26-18-6-12(2)17(8-16(11)18)21-20(24)15(5)22-9-13(3)25-14(4)10-22/h6-8,13-15H,9-10H2,1-5H3,(H,21,24)/t13-,14+,15?. The van der Waals surface area contributed by atoms with Gasteiger partial charge < -0.3 is 14.5 Å². The zero-order valence-corrected chi connectivity index (χ0v) is 16.0. The van der Waals surface area contributed by atoms with Gasteiger partial charge in [0.05, 0.1) is 18.2 Å². The van der Waals surface area contributed by atoms with Gasteiger partial charge in [-0.15, -0.1) is 0 Å². The molecule has 1 saturated heterocycles. The Labute approximate surface area is 153 Å². The largest absolute Gasteiger partial charge is 0.423 e. The Morgan fingerprint density at radius 2 is 1.81 bits per heavy atom. The Morgan fingerprint density at radius 1 is 1.15 bits per heavy atom. The van der Waals surface area contributed by atoms with E-state index in [1.54, 1.807) is 6.07 Å². The van der Waals surface area contributed by atoms with E-state index in [1.807, 2.05) is 40.7 Å². The molecule has 3 rings (SSSR count). The zero-order valence-electron chi connectivity index (χ0n) is 16.0. The van der Waals surface area contributed by atoms with E-state index in [0.29, 0.717) is 5.58 Å². The summed E-state index contributed by atoms with van der Waals surface area (Å²) in [5.74, 6) is -0.0520. The summed E-state index contributed by atoms with van der Waals surface area (Å²) in [5.41, 5.74) is 2.59. The first-order valence-corrected chi connectivity index (χ1v) is 9.00. The summed E-state index contributed by atoms with van der Waals surface area (Å²) in [6.07, 6.45) is 0.226. The average molecular weight is 358 g/mol. The minimum absolute atomic E-state index is 0.0520. The minimum Gasteiger partial charge on any atom is -0.423 e. The summed E-state index contributed by atoms with van der Waals surface area (Å²) in [6.45, 7) is 11.2.